The molecule has 0 fully saturated rings. The predicted octanol–water partition coefficient (Wildman–Crippen LogP) is 15.4. The van der Waals surface area contributed by atoms with Gasteiger partial charge >= 0.3 is 39.3 Å². The van der Waals surface area contributed by atoms with E-state index >= 15 is 0 Å². The minimum atomic E-state index is -0.307. The van der Waals surface area contributed by atoms with Gasteiger partial charge in [-0.15, -0.1) is 0 Å². The molecule has 0 amide bonds. The van der Waals surface area contributed by atoms with Crippen molar-refractivity contribution in [2.24, 2.45) is 9.98 Å². The summed E-state index contributed by atoms with van der Waals surface area (Å²) in [6, 6.07) is 57.4. The van der Waals surface area contributed by atoms with E-state index in [1.807, 2.05) is 0 Å². The molecule has 0 unspecified atom stereocenters. The Kier molecular flexibility index (Phi) is 11.0. The van der Waals surface area contributed by atoms with Gasteiger partial charge in [-0.2, -0.15) is 0 Å². The summed E-state index contributed by atoms with van der Waals surface area (Å²) in [6.07, 6.45) is 0. The Morgan fingerprint density at radius 1 is 0.421 bits per heavy atom. The standard InChI is InChI=1S/C52H44N2.2BrH.Ni/c1-33-21-27-46(44(29-33)51(3,4)40-25-23-35-13-7-9-15-38(35)31-40)53-49-42-19-11-17-37-18-12-20-43(48(37)42)50(49)54-47-28-22-34(2)30-45(47)52(5,6)41-26-24-36-14-8-10-16-39(36)32-41;;;/h7-32H,1-6H3;2*1H;/q;;;+2/p-2. The second kappa shape index (κ2) is 15.9. The SMILES string of the molecule is Cc1ccc(N=C2C(=Nc3ccc(C)cc3C(C)(C)c3ccc4ccccc4c3)c3cccc4cccc2c34)c(C(C)(C)c2ccc3ccccc3c2)c1.[Br][Ni][Br]. The van der Waals surface area contributed by atoms with E-state index in [-0.39, 0.29) is 10.8 Å². The Morgan fingerprint density at radius 3 is 1.23 bits per heavy atom. The predicted molar refractivity (Wildman–Crippen MR) is 249 cm³/mol. The van der Waals surface area contributed by atoms with Gasteiger partial charge in [0.1, 0.15) is 0 Å². The first-order valence-electron chi connectivity index (χ1n) is 19.2. The zero-order valence-electron chi connectivity index (χ0n) is 33.0. The second-order valence-electron chi connectivity index (χ2n) is 16.1. The molecule has 0 N–H and O–H groups in total. The number of fused-ring (bicyclic) bond motifs is 2. The van der Waals surface area contributed by atoms with Crippen LogP contribution in [-0.2, 0) is 21.7 Å². The van der Waals surface area contributed by atoms with Crippen LogP contribution in [0.25, 0.3) is 32.3 Å². The van der Waals surface area contributed by atoms with Gasteiger partial charge < -0.3 is 0 Å². The normalized spacial score (nSPS) is 14.2. The molecule has 0 aromatic heterocycles. The maximum atomic E-state index is 5.66. The molecule has 8 aromatic carbocycles. The molecule has 0 atom stereocenters. The number of halogens is 2. The summed E-state index contributed by atoms with van der Waals surface area (Å²) in [5.41, 5.74) is 12.7. The topological polar surface area (TPSA) is 24.7 Å². The van der Waals surface area contributed by atoms with Crippen molar-refractivity contribution in [2.45, 2.75) is 52.4 Å². The van der Waals surface area contributed by atoms with E-state index in [4.69, 9.17) is 9.98 Å². The molecule has 57 heavy (non-hydrogen) atoms. The summed E-state index contributed by atoms with van der Waals surface area (Å²) in [4.78, 5) is 11.3. The van der Waals surface area contributed by atoms with Gasteiger partial charge in [-0.3, -0.25) is 0 Å². The summed E-state index contributed by atoms with van der Waals surface area (Å²) in [5, 5.41) is 7.40. The van der Waals surface area contributed by atoms with E-state index in [1.165, 1.54) is 76.6 Å². The van der Waals surface area contributed by atoms with E-state index in [9.17, 15) is 0 Å². The Morgan fingerprint density at radius 2 is 0.807 bits per heavy atom. The summed E-state index contributed by atoms with van der Waals surface area (Å²) in [7, 11) is 1.25. The second-order valence-corrected chi connectivity index (χ2v) is 21.1. The molecule has 0 aliphatic heterocycles. The van der Waals surface area contributed by atoms with E-state index in [2.05, 4.69) is 228 Å². The third-order valence-electron chi connectivity index (χ3n) is 11.7. The Bertz CT molecular complexity index is 2690. The van der Waals surface area contributed by atoms with Gasteiger partial charge in [0.2, 0.25) is 0 Å². The molecule has 1 aliphatic carbocycles. The first-order valence-corrected chi connectivity index (χ1v) is 24.1. The van der Waals surface area contributed by atoms with Crippen LogP contribution in [-0.4, -0.2) is 11.4 Å². The molecule has 286 valence electrons. The molecular weight excluding hydrogens is 871 g/mol. The Labute approximate surface area is 356 Å². The van der Waals surface area contributed by atoms with Gasteiger partial charge in [0.05, 0.1) is 22.8 Å². The zero-order chi connectivity index (χ0) is 39.9. The van der Waals surface area contributed by atoms with Crippen molar-refractivity contribution < 1.29 is 10.9 Å². The van der Waals surface area contributed by atoms with Gasteiger partial charge in [-0.05, 0) is 75.2 Å². The Hall–Kier alpha value is -4.67. The quantitative estimate of drug-likeness (QED) is 0.149. The summed E-state index contributed by atoms with van der Waals surface area (Å²) >= 11 is 6.00. The molecule has 0 radical (unpaired) electrons. The van der Waals surface area contributed by atoms with Crippen LogP contribution >= 0.6 is 28.5 Å². The third kappa shape index (κ3) is 7.47. The van der Waals surface area contributed by atoms with Crippen LogP contribution in [0.3, 0.4) is 0 Å². The van der Waals surface area contributed by atoms with Crippen molar-refractivity contribution >= 4 is 83.6 Å². The average Bonchev–Trinajstić information content (AvgIpc) is 3.51. The fraction of sp³-hybridized carbons (Fsp3) is 0.154. The third-order valence-corrected chi connectivity index (χ3v) is 11.7. The van der Waals surface area contributed by atoms with Crippen molar-refractivity contribution in [1.29, 1.82) is 0 Å². The molecule has 0 bridgehead atoms. The van der Waals surface area contributed by atoms with Gasteiger partial charge in [0.25, 0.3) is 0 Å². The molecule has 1 aliphatic rings. The van der Waals surface area contributed by atoms with Gasteiger partial charge in [0, 0.05) is 27.3 Å². The van der Waals surface area contributed by atoms with E-state index in [1.54, 1.807) is 0 Å². The van der Waals surface area contributed by atoms with Gasteiger partial charge in [-0.25, -0.2) is 9.98 Å². The number of rotatable bonds is 6. The number of aryl methyl sites for hydroxylation is 2. The molecule has 0 saturated heterocycles. The molecule has 9 rings (SSSR count). The number of hydrogen-bond donors (Lipinski definition) is 0. The average molecular weight is 915 g/mol. The maximum absolute atomic E-state index is 5.66. The first kappa shape index (κ1) is 39.2. The van der Waals surface area contributed by atoms with E-state index < -0.39 is 0 Å². The van der Waals surface area contributed by atoms with Crippen LogP contribution < -0.4 is 0 Å². The minimum absolute atomic E-state index is 0.307. The van der Waals surface area contributed by atoms with Crippen molar-refractivity contribution in [2.75, 3.05) is 0 Å². The van der Waals surface area contributed by atoms with E-state index in [0.717, 1.165) is 33.9 Å². The number of benzene rings is 8. The van der Waals surface area contributed by atoms with Crippen LogP contribution in [0.4, 0.5) is 11.4 Å². The summed E-state index contributed by atoms with van der Waals surface area (Å²) in [5.74, 6) is 0. The van der Waals surface area contributed by atoms with Crippen LogP contribution in [0.5, 0.6) is 0 Å². The number of hydrogen-bond acceptors (Lipinski definition) is 2. The molecule has 0 saturated carbocycles. The first-order chi connectivity index (χ1) is 27.5. The van der Waals surface area contributed by atoms with Gasteiger partial charge in [0.15, 0.2) is 0 Å². The molecule has 0 spiro atoms. The summed E-state index contributed by atoms with van der Waals surface area (Å²) < 4.78 is 0. The van der Waals surface area contributed by atoms with Crippen LogP contribution in [0.15, 0.2) is 168 Å². The molecule has 2 nitrogen and oxygen atoms in total. The van der Waals surface area contributed by atoms with Crippen molar-refractivity contribution in [3.63, 3.8) is 0 Å². The Balaban J connectivity index is 0.00000147. The van der Waals surface area contributed by atoms with Crippen LogP contribution in [0.2, 0.25) is 0 Å². The number of nitrogens with zero attached hydrogens (tertiary/aromatic N) is 2. The summed E-state index contributed by atoms with van der Waals surface area (Å²) in [6.45, 7) is 13.6. The van der Waals surface area contributed by atoms with Gasteiger partial charge in [-0.1, -0.05) is 184 Å². The fourth-order valence-corrected chi connectivity index (χ4v) is 8.42. The monoisotopic (exact) mass is 912 g/mol. The van der Waals surface area contributed by atoms with Crippen molar-refractivity contribution in [3.05, 3.63) is 202 Å². The molecular formula is C52H44Br2N2Ni. The van der Waals surface area contributed by atoms with Crippen LogP contribution in [0, 0.1) is 13.8 Å². The van der Waals surface area contributed by atoms with Crippen molar-refractivity contribution in [1.82, 2.24) is 0 Å². The number of aliphatic imine (C=N–C) groups is 2. The molecule has 5 heteroatoms. The van der Waals surface area contributed by atoms with Crippen LogP contribution in [0.1, 0.15) is 72.2 Å². The molecule has 0 heterocycles. The van der Waals surface area contributed by atoms with E-state index in [0.29, 0.717) is 0 Å². The molecule has 8 aromatic rings. The van der Waals surface area contributed by atoms with Crippen molar-refractivity contribution in [3.8, 4) is 0 Å². The fourth-order valence-electron chi connectivity index (χ4n) is 8.42. The zero-order valence-corrected chi connectivity index (χ0v) is 37.1.